The van der Waals surface area contributed by atoms with Crippen LogP contribution in [0.2, 0.25) is 0 Å². The van der Waals surface area contributed by atoms with Crippen LogP contribution in [0.4, 0.5) is 0 Å². The molecule has 0 radical (unpaired) electrons. The van der Waals surface area contributed by atoms with E-state index in [9.17, 15) is 9.59 Å². The molecular weight excluding hydrogens is 1160 g/mol. The first-order valence-electron chi connectivity index (χ1n) is 31.8. The lowest BCUT2D eigenvalue weighted by molar-refractivity contribution is 0.0517. The summed E-state index contributed by atoms with van der Waals surface area (Å²) in [6.07, 6.45) is 0. The predicted molar refractivity (Wildman–Crippen MR) is 378 cm³/mol. The van der Waals surface area contributed by atoms with Crippen molar-refractivity contribution in [3.63, 3.8) is 0 Å². The molecule has 0 saturated heterocycles. The van der Waals surface area contributed by atoms with Crippen molar-refractivity contribution < 1.29 is 19.1 Å². The lowest BCUT2D eigenvalue weighted by Crippen LogP contribution is -2.28. The number of aromatic nitrogens is 2. The number of rotatable bonds is 12. The van der Waals surface area contributed by atoms with Crippen molar-refractivity contribution in [1.82, 2.24) is 9.97 Å². The van der Waals surface area contributed by atoms with Crippen molar-refractivity contribution in [3.05, 3.63) is 347 Å². The zero-order valence-corrected chi connectivity index (χ0v) is 51.9. The summed E-state index contributed by atoms with van der Waals surface area (Å²) < 4.78 is 10.7. The number of carbonyl (C=O) groups excluding carboxylic acids is 2. The number of benzene rings is 13. The Labute approximate surface area is 542 Å². The van der Waals surface area contributed by atoms with E-state index in [0.717, 1.165) is 86.7 Å². The Hall–Kier alpha value is -11.4. The van der Waals surface area contributed by atoms with Gasteiger partial charge in [0.25, 0.3) is 0 Å². The maximum absolute atomic E-state index is 12.9. The summed E-state index contributed by atoms with van der Waals surface area (Å²) >= 11 is 1.79. The van der Waals surface area contributed by atoms with Gasteiger partial charge in [-0.3, -0.25) is 0 Å². The standard InChI is InChI=1S/C86H58N2O4S/c1-3-91-83(89)55-43-39-53(40-44-55)57-47-49-63-69(51-57)70-52-58(54-41-45-56(46-42-54)84(90)92-4-2)48-50-64(70)78-77(63)87-79-80(88-78)82(68-34-22-38-74-76(68)66-32-18-20-36-72(66)86(74,61-27-13-7-14-28-61)62-29-15-8-16-30-62)93-81(79)67-33-21-37-73-75(67)65-31-17-19-35-71(65)85(73,59-23-9-5-10-24-59)60-25-11-6-12-26-60/h5-52H,3-4H2,1-2H3. The zero-order chi connectivity index (χ0) is 62.4. The molecule has 93 heavy (non-hydrogen) atoms. The highest BCUT2D eigenvalue weighted by Gasteiger charge is 2.49. The van der Waals surface area contributed by atoms with Crippen LogP contribution in [-0.2, 0) is 20.3 Å². The highest BCUT2D eigenvalue weighted by atomic mass is 32.1. The van der Waals surface area contributed by atoms with Gasteiger partial charge in [-0.25, -0.2) is 19.6 Å². The molecule has 2 aliphatic rings. The number of thiophene rings is 1. The summed E-state index contributed by atoms with van der Waals surface area (Å²) in [5.74, 6) is -0.706. The number of ether oxygens (including phenoxy) is 2. The van der Waals surface area contributed by atoms with Gasteiger partial charge in [0, 0.05) is 21.9 Å². The normalized spacial score (nSPS) is 13.2. The first-order valence-corrected chi connectivity index (χ1v) is 32.6. The first-order chi connectivity index (χ1) is 45.9. The number of carbonyl (C=O) groups is 2. The van der Waals surface area contributed by atoms with Gasteiger partial charge in [-0.2, -0.15) is 0 Å². The van der Waals surface area contributed by atoms with E-state index < -0.39 is 10.8 Å². The second kappa shape index (κ2) is 22.2. The van der Waals surface area contributed by atoms with Crippen LogP contribution < -0.4 is 0 Å². The van der Waals surface area contributed by atoms with Crippen LogP contribution in [0.15, 0.2) is 291 Å². The van der Waals surface area contributed by atoms with E-state index in [4.69, 9.17) is 19.4 Å². The Bertz CT molecular complexity index is 5070. The average Bonchev–Trinajstić information content (AvgIpc) is 1.57. The molecule has 0 aliphatic heterocycles. The molecular formula is C86H58N2O4S. The molecule has 0 unspecified atom stereocenters. The van der Waals surface area contributed by atoms with Gasteiger partial charge in [0.1, 0.15) is 11.0 Å². The van der Waals surface area contributed by atoms with Crippen molar-refractivity contribution in [2.75, 3.05) is 13.2 Å². The van der Waals surface area contributed by atoms with Crippen molar-refractivity contribution in [2.45, 2.75) is 24.7 Å². The van der Waals surface area contributed by atoms with Crippen molar-refractivity contribution in [2.24, 2.45) is 0 Å². The van der Waals surface area contributed by atoms with E-state index in [0.29, 0.717) is 24.3 Å². The van der Waals surface area contributed by atoms with Crippen molar-refractivity contribution in [3.8, 4) is 65.4 Å². The van der Waals surface area contributed by atoms with Gasteiger partial charge >= 0.3 is 11.9 Å². The summed E-state index contributed by atoms with van der Waals surface area (Å²) in [6.45, 7) is 4.23. The van der Waals surface area contributed by atoms with Crippen LogP contribution in [0, 0.1) is 0 Å². The van der Waals surface area contributed by atoms with E-state index >= 15 is 0 Å². The van der Waals surface area contributed by atoms with Gasteiger partial charge in [0.15, 0.2) is 0 Å². The van der Waals surface area contributed by atoms with Crippen LogP contribution in [0.5, 0.6) is 0 Å². The molecule has 0 saturated carbocycles. The van der Waals surface area contributed by atoms with Crippen LogP contribution in [0.1, 0.15) is 79.1 Å². The van der Waals surface area contributed by atoms with Crippen LogP contribution in [0.25, 0.3) is 109 Å². The SMILES string of the molecule is CCOC(=O)c1ccc(-c2ccc3c(c2)c2cc(-c4ccc(C(=O)OCC)cc4)ccc2c2nc4c(-c5cccc6c5-c5ccccc5C6(c5ccccc5)c5ccccc5)sc(-c5cccc6c5-c5ccccc5C6(c5ccccc5)c5ccccc5)c4nc32)cc1. The minimum atomic E-state index is -0.630. The third kappa shape index (κ3) is 8.47. The molecule has 0 amide bonds. The Morgan fingerprint density at radius 1 is 0.323 bits per heavy atom. The second-order valence-corrected chi connectivity index (χ2v) is 25.0. The summed E-state index contributed by atoms with van der Waals surface area (Å²) in [5, 5.41) is 3.91. The Balaban J connectivity index is 0.980. The van der Waals surface area contributed by atoms with Crippen molar-refractivity contribution in [1.29, 1.82) is 0 Å². The van der Waals surface area contributed by atoms with Crippen LogP contribution in [0.3, 0.4) is 0 Å². The van der Waals surface area contributed by atoms with E-state index in [1.54, 1.807) is 11.3 Å². The predicted octanol–water partition coefficient (Wildman–Crippen LogP) is 20.9. The van der Waals surface area contributed by atoms with E-state index in [1.165, 1.54) is 66.8 Å². The molecule has 0 spiro atoms. The number of esters is 2. The zero-order valence-electron chi connectivity index (χ0n) is 51.1. The first kappa shape index (κ1) is 55.7. The third-order valence-electron chi connectivity index (χ3n) is 19.3. The molecule has 15 aromatic rings. The van der Waals surface area contributed by atoms with Gasteiger partial charge in [0.05, 0.1) is 56.0 Å². The summed E-state index contributed by atoms with van der Waals surface area (Å²) in [5.41, 5.74) is 23.4. The van der Waals surface area contributed by atoms with Gasteiger partial charge < -0.3 is 9.47 Å². The quantitative estimate of drug-likeness (QED) is 0.0896. The lowest BCUT2D eigenvalue weighted by Gasteiger charge is -2.34. The Kier molecular flexibility index (Phi) is 13.3. The average molecular weight is 1220 g/mol. The van der Waals surface area contributed by atoms with Crippen LogP contribution in [-0.4, -0.2) is 35.1 Å². The maximum Gasteiger partial charge on any atom is 0.338 e. The molecule has 7 heteroatoms. The van der Waals surface area contributed by atoms with E-state index in [-0.39, 0.29) is 11.9 Å². The van der Waals surface area contributed by atoms with Gasteiger partial charge in [-0.1, -0.05) is 255 Å². The maximum atomic E-state index is 12.9. The molecule has 0 bridgehead atoms. The largest absolute Gasteiger partial charge is 0.462 e. The molecule has 442 valence electrons. The Morgan fingerprint density at radius 2 is 0.645 bits per heavy atom. The van der Waals surface area contributed by atoms with Gasteiger partial charge in [-0.15, -0.1) is 11.3 Å². The highest BCUT2D eigenvalue weighted by molar-refractivity contribution is 7.21. The topological polar surface area (TPSA) is 78.4 Å². The molecule has 0 N–H and O–H groups in total. The number of hydrogen-bond donors (Lipinski definition) is 0. The van der Waals surface area contributed by atoms with E-state index in [1.807, 2.05) is 62.4 Å². The second-order valence-electron chi connectivity index (χ2n) is 24.0. The molecule has 6 nitrogen and oxygen atoms in total. The minimum Gasteiger partial charge on any atom is -0.462 e. The monoisotopic (exact) mass is 1210 g/mol. The smallest absolute Gasteiger partial charge is 0.338 e. The van der Waals surface area contributed by atoms with Gasteiger partial charge in [0.2, 0.25) is 0 Å². The molecule has 13 aromatic carbocycles. The molecule has 2 aromatic heterocycles. The molecule has 2 aliphatic carbocycles. The number of fused-ring (bicyclic) bond motifs is 13. The van der Waals surface area contributed by atoms with Gasteiger partial charge in [-0.05, 0) is 150 Å². The minimum absolute atomic E-state index is 0.296. The molecule has 0 fully saturated rings. The van der Waals surface area contributed by atoms with Crippen molar-refractivity contribution >= 4 is 66.9 Å². The summed E-state index contributed by atoms with van der Waals surface area (Å²) in [6, 6.07) is 104. The van der Waals surface area contributed by atoms with E-state index in [2.05, 4.69) is 243 Å². The highest BCUT2D eigenvalue weighted by Crippen LogP contribution is 2.62. The third-order valence-corrected chi connectivity index (χ3v) is 20.5. The van der Waals surface area contributed by atoms with Crippen LogP contribution >= 0.6 is 11.3 Å². The number of hydrogen-bond acceptors (Lipinski definition) is 7. The number of nitrogens with zero attached hydrogens (tertiary/aromatic N) is 2. The Morgan fingerprint density at radius 3 is 1.01 bits per heavy atom. The fourth-order valence-electron chi connectivity index (χ4n) is 15.4. The fourth-order valence-corrected chi connectivity index (χ4v) is 16.6. The molecule has 2 heterocycles. The molecule has 17 rings (SSSR count). The molecule has 0 atom stereocenters. The summed E-state index contributed by atoms with van der Waals surface area (Å²) in [7, 11) is 0. The lowest BCUT2D eigenvalue weighted by atomic mass is 9.67. The fraction of sp³-hybridized carbons (Fsp3) is 0.0698. The summed E-state index contributed by atoms with van der Waals surface area (Å²) in [4.78, 5) is 40.0.